The third kappa shape index (κ3) is 2.74. The zero-order chi connectivity index (χ0) is 13.0. The molecule has 96 valence electrons. The van der Waals surface area contributed by atoms with Gasteiger partial charge in [0.15, 0.2) is 6.10 Å². The molecule has 0 aliphatic rings. The highest BCUT2D eigenvalue weighted by atomic mass is 16.5. The average Bonchev–Trinajstić information content (AvgIpc) is 2.89. The third-order valence-corrected chi connectivity index (χ3v) is 2.91. The van der Waals surface area contributed by atoms with Gasteiger partial charge in [0, 0.05) is 6.04 Å². The van der Waals surface area contributed by atoms with Crippen molar-refractivity contribution in [3.63, 3.8) is 0 Å². The number of hydrogen-bond donors (Lipinski definition) is 1. The maximum atomic E-state index is 6.02. The SMILES string of the molecule is CCc1ccccc1OC(c1ccco1)C(C)N. The standard InChI is InChI=1S/C15H19NO2/c1-3-12-7-4-5-8-13(12)18-15(11(2)16)14-9-6-10-17-14/h4-11,15H,3,16H2,1-2H3. The van der Waals surface area contributed by atoms with Crippen molar-refractivity contribution < 1.29 is 9.15 Å². The fraction of sp³-hybridized carbons (Fsp3) is 0.333. The van der Waals surface area contributed by atoms with Crippen molar-refractivity contribution in [1.29, 1.82) is 0 Å². The van der Waals surface area contributed by atoms with Crippen LogP contribution in [0.25, 0.3) is 0 Å². The minimum Gasteiger partial charge on any atom is -0.481 e. The number of para-hydroxylation sites is 1. The second-order valence-electron chi connectivity index (χ2n) is 4.37. The molecular weight excluding hydrogens is 226 g/mol. The number of nitrogens with two attached hydrogens (primary N) is 1. The Hall–Kier alpha value is -1.74. The summed E-state index contributed by atoms with van der Waals surface area (Å²) in [5.74, 6) is 1.63. The Morgan fingerprint density at radius 3 is 2.61 bits per heavy atom. The van der Waals surface area contributed by atoms with Gasteiger partial charge in [-0.25, -0.2) is 0 Å². The van der Waals surface area contributed by atoms with Crippen LogP contribution in [-0.2, 0) is 6.42 Å². The van der Waals surface area contributed by atoms with Crippen LogP contribution in [0.3, 0.4) is 0 Å². The van der Waals surface area contributed by atoms with Gasteiger partial charge >= 0.3 is 0 Å². The van der Waals surface area contributed by atoms with E-state index in [-0.39, 0.29) is 12.1 Å². The first kappa shape index (κ1) is 12.7. The maximum absolute atomic E-state index is 6.02. The second kappa shape index (κ2) is 5.74. The Labute approximate surface area is 108 Å². The first-order chi connectivity index (χ1) is 8.72. The number of rotatable bonds is 5. The Bertz CT molecular complexity index is 477. The molecule has 0 fully saturated rings. The molecule has 3 heteroatoms. The van der Waals surface area contributed by atoms with E-state index >= 15 is 0 Å². The van der Waals surface area contributed by atoms with Crippen molar-refractivity contribution in [1.82, 2.24) is 0 Å². The van der Waals surface area contributed by atoms with Crippen molar-refractivity contribution in [2.75, 3.05) is 0 Å². The molecule has 0 saturated heterocycles. The van der Waals surface area contributed by atoms with Gasteiger partial charge < -0.3 is 14.9 Å². The summed E-state index contributed by atoms with van der Waals surface area (Å²) in [6.45, 7) is 4.03. The van der Waals surface area contributed by atoms with Crippen molar-refractivity contribution in [3.8, 4) is 5.75 Å². The van der Waals surface area contributed by atoms with Gasteiger partial charge in [-0.2, -0.15) is 0 Å². The highest BCUT2D eigenvalue weighted by Crippen LogP contribution is 2.27. The Morgan fingerprint density at radius 1 is 1.22 bits per heavy atom. The van der Waals surface area contributed by atoms with Gasteiger partial charge in [-0.1, -0.05) is 25.1 Å². The lowest BCUT2D eigenvalue weighted by molar-refractivity contribution is 0.151. The lowest BCUT2D eigenvalue weighted by Crippen LogP contribution is -2.29. The molecule has 2 unspecified atom stereocenters. The fourth-order valence-electron chi connectivity index (χ4n) is 1.93. The lowest BCUT2D eigenvalue weighted by atomic mass is 10.1. The van der Waals surface area contributed by atoms with E-state index < -0.39 is 0 Å². The van der Waals surface area contributed by atoms with E-state index in [1.165, 1.54) is 5.56 Å². The average molecular weight is 245 g/mol. The van der Waals surface area contributed by atoms with Crippen LogP contribution in [-0.4, -0.2) is 6.04 Å². The molecular formula is C15H19NO2. The van der Waals surface area contributed by atoms with Crippen molar-refractivity contribution in [3.05, 3.63) is 54.0 Å². The zero-order valence-electron chi connectivity index (χ0n) is 10.8. The van der Waals surface area contributed by atoms with Crippen molar-refractivity contribution in [2.24, 2.45) is 5.73 Å². The molecule has 0 saturated carbocycles. The predicted molar refractivity (Wildman–Crippen MR) is 71.5 cm³/mol. The first-order valence-electron chi connectivity index (χ1n) is 6.26. The van der Waals surface area contributed by atoms with E-state index in [1.54, 1.807) is 6.26 Å². The normalized spacial score (nSPS) is 14.2. The zero-order valence-corrected chi connectivity index (χ0v) is 10.8. The van der Waals surface area contributed by atoms with E-state index in [1.807, 2.05) is 37.3 Å². The third-order valence-electron chi connectivity index (χ3n) is 2.91. The monoisotopic (exact) mass is 245 g/mol. The van der Waals surface area contributed by atoms with E-state index in [9.17, 15) is 0 Å². The molecule has 2 N–H and O–H groups in total. The van der Waals surface area contributed by atoms with Gasteiger partial charge in [0.1, 0.15) is 11.5 Å². The van der Waals surface area contributed by atoms with E-state index in [0.717, 1.165) is 17.9 Å². The quantitative estimate of drug-likeness (QED) is 0.879. The summed E-state index contributed by atoms with van der Waals surface area (Å²) in [4.78, 5) is 0. The van der Waals surface area contributed by atoms with E-state index in [0.29, 0.717) is 0 Å². The van der Waals surface area contributed by atoms with E-state index in [4.69, 9.17) is 14.9 Å². The van der Waals surface area contributed by atoms with E-state index in [2.05, 4.69) is 13.0 Å². The molecule has 18 heavy (non-hydrogen) atoms. The molecule has 2 atom stereocenters. The van der Waals surface area contributed by atoms with Crippen LogP contribution in [0.15, 0.2) is 47.1 Å². The summed E-state index contributed by atoms with van der Waals surface area (Å²) in [5.41, 5.74) is 7.16. The summed E-state index contributed by atoms with van der Waals surface area (Å²) in [6.07, 6.45) is 2.31. The number of ether oxygens (including phenoxy) is 1. The van der Waals surface area contributed by atoms with Gasteiger partial charge in [0.25, 0.3) is 0 Å². The molecule has 0 spiro atoms. The number of furan rings is 1. The fourth-order valence-corrected chi connectivity index (χ4v) is 1.93. The van der Waals surface area contributed by atoms with Crippen LogP contribution >= 0.6 is 0 Å². The van der Waals surface area contributed by atoms with Gasteiger partial charge in [-0.15, -0.1) is 0 Å². The Morgan fingerprint density at radius 2 is 2.00 bits per heavy atom. The van der Waals surface area contributed by atoms with Crippen LogP contribution in [0, 0.1) is 0 Å². The lowest BCUT2D eigenvalue weighted by Gasteiger charge is -2.22. The predicted octanol–water partition coefficient (Wildman–Crippen LogP) is 3.31. The number of hydrogen-bond acceptors (Lipinski definition) is 3. The molecule has 0 aliphatic heterocycles. The molecule has 0 bridgehead atoms. The summed E-state index contributed by atoms with van der Waals surface area (Å²) in [6, 6.07) is 11.6. The molecule has 0 aliphatic carbocycles. The molecule has 2 aromatic rings. The van der Waals surface area contributed by atoms with Crippen LogP contribution < -0.4 is 10.5 Å². The Kier molecular flexibility index (Phi) is 4.05. The smallest absolute Gasteiger partial charge is 0.171 e. The summed E-state index contributed by atoms with van der Waals surface area (Å²) in [7, 11) is 0. The molecule has 0 radical (unpaired) electrons. The highest BCUT2D eigenvalue weighted by molar-refractivity contribution is 5.33. The van der Waals surface area contributed by atoms with Crippen LogP contribution in [0.4, 0.5) is 0 Å². The topological polar surface area (TPSA) is 48.4 Å². The maximum Gasteiger partial charge on any atom is 0.171 e. The van der Waals surface area contributed by atoms with Crippen LogP contribution in [0.1, 0.15) is 31.3 Å². The Balaban J connectivity index is 2.24. The molecule has 1 aromatic carbocycles. The van der Waals surface area contributed by atoms with Gasteiger partial charge in [-0.3, -0.25) is 0 Å². The molecule has 1 aromatic heterocycles. The molecule has 3 nitrogen and oxygen atoms in total. The number of benzene rings is 1. The van der Waals surface area contributed by atoms with Crippen molar-refractivity contribution in [2.45, 2.75) is 32.4 Å². The molecule has 0 amide bonds. The number of aryl methyl sites for hydroxylation is 1. The van der Waals surface area contributed by atoms with Crippen LogP contribution in [0.5, 0.6) is 5.75 Å². The van der Waals surface area contributed by atoms with Crippen molar-refractivity contribution >= 4 is 0 Å². The van der Waals surface area contributed by atoms with Gasteiger partial charge in [-0.05, 0) is 37.1 Å². The largest absolute Gasteiger partial charge is 0.481 e. The van der Waals surface area contributed by atoms with Crippen LogP contribution in [0.2, 0.25) is 0 Å². The summed E-state index contributed by atoms with van der Waals surface area (Å²) < 4.78 is 11.4. The minimum absolute atomic E-state index is 0.138. The highest BCUT2D eigenvalue weighted by Gasteiger charge is 2.21. The second-order valence-corrected chi connectivity index (χ2v) is 4.37. The van der Waals surface area contributed by atoms with Gasteiger partial charge in [0.2, 0.25) is 0 Å². The first-order valence-corrected chi connectivity index (χ1v) is 6.26. The molecule has 1 heterocycles. The summed E-state index contributed by atoms with van der Waals surface area (Å²) in [5, 5.41) is 0. The molecule has 2 rings (SSSR count). The minimum atomic E-state index is -0.257. The summed E-state index contributed by atoms with van der Waals surface area (Å²) >= 11 is 0. The van der Waals surface area contributed by atoms with Gasteiger partial charge in [0.05, 0.1) is 6.26 Å².